The summed E-state index contributed by atoms with van der Waals surface area (Å²) in [6, 6.07) is 7.90. The number of piperidine rings is 2. The van der Waals surface area contributed by atoms with E-state index in [4.69, 9.17) is 4.98 Å². The Morgan fingerprint density at radius 1 is 1.03 bits per heavy atom. The summed E-state index contributed by atoms with van der Waals surface area (Å²) < 4.78 is 1.99. The third kappa shape index (κ3) is 4.77. The molecular weight excluding hydrogens is 384 g/mol. The van der Waals surface area contributed by atoms with Gasteiger partial charge in [0.15, 0.2) is 5.16 Å². The smallest absolute Gasteiger partial charge is 0.242 e. The van der Waals surface area contributed by atoms with Crippen molar-refractivity contribution in [3.05, 3.63) is 24.3 Å². The van der Waals surface area contributed by atoms with E-state index in [0.29, 0.717) is 11.7 Å². The number of hydrogen-bond acceptors (Lipinski definition) is 4. The van der Waals surface area contributed by atoms with Gasteiger partial charge in [-0.2, -0.15) is 0 Å². The van der Waals surface area contributed by atoms with Gasteiger partial charge < -0.3 is 14.4 Å². The van der Waals surface area contributed by atoms with Crippen LogP contribution in [-0.4, -0.2) is 63.1 Å². The maximum Gasteiger partial charge on any atom is 0.242 e. The molecule has 2 aliphatic heterocycles. The highest BCUT2D eigenvalue weighted by Crippen LogP contribution is 2.26. The van der Waals surface area contributed by atoms with Crippen molar-refractivity contribution in [1.82, 2.24) is 19.4 Å². The first-order valence-corrected chi connectivity index (χ1v) is 11.7. The van der Waals surface area contributed by atoms with Gasteiger partial charge in [0.05, 0.1) is 16.8 Å². The van der Waals surface area contributed by atoms with Crippen LogP contribution in [0.5, 0.6) is 0 Å². The van der Waals surface area contributed by atoms with Crippen LogP contribution in [0.25, 0.3) is 11.0 Å². The lowest BCUT2D eigenvalue weighted by molar-refractivity contribution is -0.132. The van der Waals surface area contributed by atoms with Crippen LogP contribution in [0.2, 0.25) is 0 Å². The van der Waals surface area contributed by atoms with Crippen molar-refractivity contribution in [2.75, 3.05) is 31.9 Å². The Kier molecular flexibility index (Phi) is 6.43. The number of thioether (sulfide) groups is 1. The number of benzene rings is 1. The molecule has 2 saturated heterocycles. The second kappa shape index (κ2) is 9.20. The number of amides is 2. The Morgan fingerprint density at radius 3 is 2.59 bits per heavy atom. The Balaban J connectivity index is 1.48. The second-order valence-electron chi connectivity index (χ2n) is 8.29. The van der Waals surface area contributed by atoms with Crippen molar-refractivity contribution in [2.45, 2.75) is 50.7 Å². The molecule has 4 rings (SSSR count). The van der Waals surface area contributed by atoms with Gasteiger partial charge in [-0.1, -0.05) is 30.8 Å². The normalized spacial score (nSPS) is 20.2. The van der Waals surface area contributed by atoms with Crippen LogP contribution in [0.3, 0.4) is 0 Å². The second-order valence-corrected chi connectivity index (χ2v) is 9.23. The SMILES string of the molecule is C[C@@H]1CCCN(C(=O)CSc2nc3ccccc3n2CC(=O)N2CCCCC2)C1. The highest BCUT2D eigenvalue weighted by Gasteiger charge is 2.23. The van der Waals surface area contributed by atoms with E-state index in [1.165, 1.54) is 24.6 Å². The molecule has 29 heavy (non-hydrogen) atoms. The number of likely N-dealkylation sites (tertiary alicyclic amines) is 2. The zero-order valence-electron chi connectivity index (χ0n) is 17.2. The molecule has 156 valence electrons. The molecule has 1 atom stereocenters. The fourth-order valence-corrected chi connectivity index (χ4v) is 5.25. The lowest BCUT2D eigenvalue weighted by Gasteiger charge is -2.30. The molecular formula is C22H30N4O2S. The lowest BCUT2D eigenvalue weighted by Crippen LogP contribution is -2.40. The fraction of sp³-hybridized carbons (Fsp3) is 0.591. The molecule has 0 N–H and O–H groups in total. The average molecular weight is 415 g/mol. The third-order valence-electron chi connectivity index (χ3n) is 5.96. The van der Waals surface area contributed by atoms with E-state index in [0.717, 1.165) is 61.6 Å². The average Bonchev–Trinajstić information content (AvgIpc) is 3.10. The Morgan fingerprint density at radius 2 is 1.79 bits per heavy atom. The topological polar surface area (TPSA) is 58.4 Å². The van der Waals surface area contributed by atoms with Crippen molar-refractivity contribution >= 4 is 34.6 Å². The van der Waals surface area contributed by atoms with Gasteiger partial charge in [0, 0.05) is 26.2 Å². The van der Waals surface area contributed by atoms with Crippen molar-refractivity contribution in [3.63, 3.8) is 0 Å². The molecule has 7 heteroatoms. The van der Waals surface area contributed by atoms with Crippen LogP contribution in [0.15, 0.2) is 29.4 Å². The van der Waals surface area contributed by atoms with Crippen molar-refractivity contribution in [2.24, 2.45) is 5.92 Å². The van der Waals surface area contributed by atoms with E-state index in [1.807, 2.05) is 38.6 Å². The molecule has 2 amide bonds. The van der Waals surface area contributed by atoms with Gasteiger partial charge in [-0.05, 0) is 50.2 Å². The molecule has 0 radical (unpaired) electrons. The molecule has 3 heterocycles. The predicted octanol–water partition coefficient (Wildman–Crippen LogP) is 3.40. The van der Waals surface area contributed by atoms with E-state index >= 15 is 0 Å². The van der Waals surface area contributed by atoms with Crippen LogP contribution >= 0.6 is 11.8 Å². The van der Waals surface area contributed by atoms with Crippen molar-refractivity contribution in [1.29, 1.82) is 0 Å². The van der Waals surface area contributed by atoms with E-state index in [-0.39, 0.29) is 18.4 Å². The highest BCUT2D eigenvalue weighted by molar-refractivity contribution is 7.99. The van der Waals surface area contributed by atoms with E-state index < -0.39 is 0 Å². The third-order valence-corrected chi connectivity index (χ3v) is 6.92. The van der Waals surface area contributed by atoms with Crippen LogP contribution in [-0.2, 0) is 16.1 Å². The summed E-state index contributed by atoms with van der Waals surface area (Å²) in [7, 11) is 0. The summed E-state index contributed by atoms with van der Waals surface area (Å²) in [5, 5.41) is 0.759. The first-order valence-electron chi connectivity index (χ1n) is 10.8. The maximum absolute atomic E-state index is 12.9. The van der Waals surface area contributed by atoms with Crippen LogP contribution in [0.1, 0.15) is 39.0 Å². The molecule has 0 spiro atoms. The molecule has 2 aliphatic rings. The summed E-state index contributed by atoms with van der Waals surface area (Å²) in [4.78, 5) is 34.3. The first kappa shape index (κ1) is 20.3. The van der Waals surface area contributed by atoms with Crippen LogP contribution in [0, 0.1) is 5.92 Å². The quantitative estimate of drug-likeness (QED) is 0.704. The predicted molar refractivity (Wildman–Crippen MR) is 116 cm³/mol. The van der Waals surface area contributed by atoms with Gasteiger partial charge in [0.2, 0.25) is 11.8 Å². The monoisotopic (exact) mass is 414 g/mol. The minimum atomic E-state index is 0.144. The molecule has 1 aromatic heterocycles. The van der Waals surface area contributed by atoms with Crippen molar-refractivity contribution in [3.8, 4) is 0 Å². The van der Waals surface area contributed by atoms with Gasteiger partial charge in [0.25, 0.3) is 0 Å². The standard InChI is InChI=1S/C22H30N4O2S/c1-17-8-7-13-25(14-17)21(28)16-29-22-23-18-9-3-4-10-19(18)26(22)15-20(27)24-11-5-2-6-12-24/h3-4,9-10,17H,2,5-8,11-16H2,1H3/t17-/m1/s1. The number of carbonyl (C=O) groups is 2. The summed E-state index contributed by atoms with van der Waals surface area (Å²) in [5.41, 5.74) is 1.83. The molecule has 2 fully saturated rings. The van der Waals surface area contributed by atoms with Gasteiger partial charge in [-0.15, -0.1) is 0 Å². The molecule has 0 aliphatic carbocycles. The van der Waals surface area contributed by atoms with Crippen LogP contribution < -0.4 is 0 Å². The molecule has 6 nitrogen and oxygen atoms in total. The van der Waals surface area contributed by atoms with Gasteiger partial charge >= 0.3 is 0 Å². The zero-order chi connectivity index (χ0) is 20.2. The number of rotatable bonds is 5. The summed E-state index contributed by atoms with van der Waals surface area (Å²) >= 11 is 1.45. The molecule has 0 unspecified atom stereocenters. The fourth-order valence-electron chi connectivity index (χ4n) is 4.33. The minimum Gasteiger partial charge on any atom is -0.342 e. The first-order chi connectivity index (χ1) is 14.1. The lowest BCUT2D eigenvalue weighted by atomic mass is 10.0. The number of hydrogen-bond donors (Lipinski definition) is 0. The van der Waals surface area contributed by atoms with Crippen molar-refractivity contribution < 1.29 is 9.59 Å². The summed E-state index contributed by atoms with van der Waals surface area (Å²) in [6.45, 7) is 5.89. The summed E-state index contributed by atoms with van der Waals surface area (Å²) in [6.07, 6.45) is 5.66. The van der Waals surface area contributed by atoms with Crippen LogP contribution in [0.4, 0.5) is 0 Å². The van der Waals surface area contributed by atoms with E-state index in [2.05, 4.69) is 6.92 Å². The van der Waals surface area contributed by atoms with E-state index in [1.54, 1.807) is 0 Å². The molecule has 2 aromatic rings. The summed E-state index contributed by atoms with van der Waals surface area (Å²) in [5.74, 6) is 1.26. The number of fused-ring (bicyclic) bond motifs is 1. The van der Waals surface area contributed by atoms with E-state index in [9.17, 15) is 9.59 Å². The number of aromatic nitrogens is 2. The van der Waals surface area contributed by atoms with Gasteiger partial charge in [0.1, 0.15) is 6.54 Å². The highest BCUT2D eigenvalue weighted by atomic mass is 32.2. The van der Waals surface area contributed by atoms with Gasteiger partial charge in [-0.3, -0.25) is 9.59 Å². The molecule has 1 aromatic carbocycles. The maximum atomic E-state index is 12.9. The molecule has 0 saturated carbocycles. The Hall–Kier alpha value is -2.02. The Labute approximate surface area is 176 Å². The minimum absolute atomic E-state index is 0.144. The number of imidazole rings is 1. The molecule has 0 bridgehead atoms. The largest absolute Gasteiger partial charge is 0.342 e. The number of para-hydroxylation sites is 2. The van der Waals surface area contributed by atoms with Gasteiger partial charge in [-0.25, -0.2) is 4.98 Å². The number of carbonyl (C=O) groups excluding carboxylic acids is 2. The zero-order valence-corrected chi connectivity index (χ0v) is 18.0. The number of nitrogens with zero attached hydrogens (tertiary/aromatic N) is 4. The Bertz CT molecular complexity index is 875.